The fourth-order valence-electron chi connectivity index (χ4n) is 2.59. The average molecular weight is 331 g/mol. The molecule has 0 N–H and O–H groups in total. The van der Waals surface area contributed by atoms with E-state index >= 15 is 0 Å². The van der Waals surface area contributed by atoms with Crippen molar-refractivity contribution in [1.82, 2.24) is 0 Å². The molecule has 0 radical (unpaired) electrons. The molecule has 0 aliphatic rings. The first-order chi connectivity index (χ1) is 11.8. The fraction of sp³-hybridized carbons (Fsp3) is 0.0476. The zero-order valence-electron chi connectivity index (χ0n) is 13.5. The highest BCUT2D eigenvalue weighted by Gasteiger charge is 2.16. The standard InChI is InChI=1S/C21H18NOP/c1-22(16-17-23)18-12-14-21(15-13-18)24(19-8-4-2-5-9-19)20-10-6-3-7-11-20/h2-16H,1H3. The molecule has 0 heterocycles. The second kappa shape index (κ2) is 7.75. The van der Waals surface area contributed by atoms with Crippen molar-refractivity contribution in [2.45, 2.75) is 0 Å². The monoisotopic (exact) mass is 331 g/mol. The van der Waals surface area contributed by atoms with E-state index in [0.717, 1.165) is 5.69 Å². The third-order valence-corrected chi connectivity index (χ3v) is 6.23. The van der Waals surface area contributed by atoms with Gasteiger partial charge in [0.15, 0.2) is 0 Å². The van der Waals surface area contributed by atoms with Crippen LogP contribution in [0.25, 0.3) is 0 Å². The maximum absolute atomic E-state index is 10.5. The van der Waals surface area contributed by atoms with Crippen LogP contribution in [0, 0.1) is 0 Å². The summed E-state index contributed by atoms with van der Waals surface area (Å²) >= 11 is 0. The van der Waals surface area contributed by atoms with Gasteiger partial charge in [-0.1, -0.05) is 72.8 Å². The van der Waals surface area contributed by atoms with Gasteiger partial charge >= 0.3 is 0 Å². The summed E-state index contributed by atoms with van der Waals surface area (Å²) in [4.78, 5) is 12.3. The van der Waals surface area contributed by atoms with E-state index in [0.29, 0.717) is 0 Å². The van der Waals surface area contributed by atoms with Gasteiger partial charge in [0.2, 0.25) is 0 Å². The van der Waals surface area contributed by atoms with Gasteiger partial charge in [-0.25, -0.2) is 4.79 Å². The van der Waals surface area contributed by atoms with E-state index in [1.54, 1.807) is 4.90 Å². The fourth-order valence-corrected chi connectivity index (χ4v) is 4.87. The third kappa shape index (κ3) is 3.63. The van der Waals surface area contributed by atoms with Crippen LogP contribution in [0.15, 0.2) is 91.1 Å². The van der Waals surface area contributed by atoms with Crippen molar-refractivity contribution in [1.29, 1.82) is 0 Å². The average Bonchev–Trinajstić information content (AvgIpc) is 2.64. The molecule has 0 aliphatic heterocycles. The van der Waals surface area contributed by atoms with Crippen LogP contribution < -0.4 is 20.8 Å². The number of anilines is 1. The van der Waals surface area contributed by atoms with Crippen LogP contribution in [0.2, 0.25) is 0 Å². The van der Waals surface area contributed by atoms with Gasteiger partial charge in [0.05, 0.1) is 6.20 Å². The maximum Gasteiger partial charge on any atom is 0.142 e. The first-order valence-corrected chi connectivity index (χ1v) is 9.08. The Balaban J connectivity index is 2.02. The Morgan fingerprint density at radius 2 is 1.21 bits per heavy atom. The highest BCUT2D eigenvalue weighted by Crippen LogP contribution is 2.33. The molecule has 3 aromatic carbocycles. The van der Waals surface area contributed by atoms with E-state index in [2.05, 4.69) is 60.7 Å². The molecule has 0 saturated heterocycles. The summed E-state index contributed by atoms with van der Waals surface area (Å²) in [5, 5.41) is 3.94. The molecule has 2 nitrogen and oxygen atoms in total. The summed E-state index contributed by atoms with van der Waals surface area (Å²) < 4.78 is 0. The molecule has 0 spiro atoms. The van der Waals surface area contributed by atoms with Crippen LogP contribution in [0.5, 0.6) is 0 Å². The summed E-state index contributed by atoms with van der Waals surface area (Å²) in [6.07, 6.45) is 1.40. The number of rotatable bonds is 5. The highest BCUT2D eigenvalue weighted by molar-refractivity contribution is 7.79. The summed E-state index contributed by atoms with van der Waals surface area (Å²) in [5.74, 6) is 1.81. The van der Waals surface area contributed by atoms with Gasteiger partial charge in [0.25, 0.3) is 0 Å². The van der Waals surface area contributed by atoms with E-state index in [1.165, 1.54) is 22.1 Å². The zero-order valence-corrected chi connectivity index (χ0v) is 14.4. The Morgan fingerprint density at radius 3 is 1.67 bits per heavy atom. The van der Waals surface area contributed by atoms with Gasteiger partial charge in [-0.2, -0.15) is 0 Å². The normalized spacial score (nSPS) is 10.2. The topological polar surface area (TPSA) is 20.3 Å². The van der Waals surface area contributed by atoms with Crippen molar-refractivity contribution in [3.05, 3.63) is 91.1 Å². The molecule has 3 aromatic rings. The molecule has 0 atom stereocenters. The lowest BCUT2D eigenvalue weighted by molar-refractivity contribution is 0.568. The lowest BCUT2D eigenvalue weighted by Gasteiger charge is -2.20. The minimum Gasteiger partial charge on any atom is -0.342 e. The summed E-state index contributed by atoms with van der Waals surface area (Å²) in [7, 11) is 1.25. The summed E-state index contributed by atoms with van der Waals surface area (Å²) in [6, 6.07) is 29.6. The Labute approximate surface area is 143 Å². The largest absolute Gasteiger partial charge is 0.342 e. The van der Waals surface area contributed by atoms with Gasteiger partial charge in [0.1, 0.15) is 5.94 Å². The molecule has 0 amide bonds. The van der Waals surface area contributed by atoms with Crippen molar-refractivity contribution in [2.24, 2.45) is 0 Å². The molecule has 0 aromatic heterocycles. The Kier molecular flexibility index (Phi) is 5.23. The number of nitrogens with zero attached hydrogens (tertiary/aromatic N) is 1. The van der Waals surface area contributed by atoms with E-state index in [4.69, 9.17) is 0 Å². The first kappa shape index (κ1) is 16.2. The Morgan fingerprint density at radius 1 is 0.750 bits per heavy atom. The maximum atomic E-state index is 10.5. The minimum absolute atomic E-state index is 0.592. The number of benzene rings is 3. The lowest BCUT2D eigenvalue weighted by Crippen LogP contribution is -2.20. The van der Waals surface area contributed by atoms with E-state index in [1.807, 2.05) is 37.3 Å². The first-order valence-electron chi connectivity index (χ1n) is 7.74. The van der Waals surface area contributed by atoms with E-state index in [-0.39, 0.29) is 0 Å². The van der Waals surface area contributed by atoms with E-state index in [9.17, 15) is 4.79 Å². The van der Waals surface area contributed by atoms with Gasteiger partial charge in [-0.15, -0.1) is 0 Å². The smallest absolute Gasteiger partial charge is 0.142 e. The predicted octanol–water partition coefficient (Wildman–Crippen LogP) is 3.23. The molecular weight excluding hydrogens is 313 g/mol. The predicted molar refractivity (Wildman–Crippen MR) is 104 cm³/mol. The van der Waals surface area contributed by atoms with Gasteiger partial charge in [0, 0.05) is 12.7 Å². The van der Waals surface area contributed by atoms with Crippen molar-refractivity contribution in [3.63, 3.8) is 0 Å². The molecular formula is C21H18NOP. The number of hydrogen-bond acceptors (Lipinski definition) is 2. The second-order valence-corrected chi connectivity index (χ2v) is 7.60. The molecule has 0 unspecified atom stereocenters. The van der Waals surface area contributed by atoms with Crippen molar-refractivity contribution < 1.29 is 4.79 Å². The molecule has 24 heavy (non-hydrogen) atoms. The van der Waals surface area contributed by atoms with E-state index < -0.39 is 7.92 Å². The number of hydrogen-bond donors (Lipinski definition) is 0. The quantitative estimate of drug-likeness (QED) is 0.528. The Hall–Kier alpha value is -2.66. The number of carbonyl (C=O) groups excluding carboxylic acids is 1. The van der Waals surface area contributed by atoms with Crippen LogP contribution in [-0.2, 0) is 4.79 Å². The molecule has 3 rings (SSSR count). The SMILES string of the molecule is CN(C=C=O)c1ccc(P(c2ccccc2)c2ccccc2)cc1. The minimum atomic E-state index is -0.592. The molecule has 0 aliphatic carbocycles. The second-order valence-electron chi connectivity index (χ2n) is 5.38. The Bertz CT molecular complexity index is 785. The third-order valence-electron chi connectivity index (χ3n) is 3.79. The van der Waals surface area contributed by atoms with Crippen LogP contribution in [0.3, 0.4) is 0 Å². The van der Waals surface area contributed by atoms with Crippen molar-refractivity contribution in [3.8, 4) is 0 Å². The van der Waals surface area contributed by atoms with Crippen molar-refractivity contribution >= 4 is 35.5 Å². The van der Waals surface area contributed by atoms with Crippen LogP contribution in [-0.4, -0.2) is 13.0 Å². The molecule has 0 saturated carbocycles. The summed E-state index contributed by atoms with van der Waals surface area (Å²) in [5.41, 5.74) is 0.971. The molecule has 3 heteroatoms. The summed E-state index contributed by atoms with van der Waals surface area (Å²) in [6.45, 7) is 0. The molecule has 0 fully saturated rings. The van der Waals surface area contributed by atoms with Crippen LogP contribution >= 0.6 is 7.92 Å². The van der Waals surface area contributed by atoms with Gasteiger partial charge in [-0.3, -0.25) is 0 Å². The van der Waals surface area contributed by atoms with Gasteiger partial charge in [-0.05, 0) is 36.0 Å². The van der Waals surface area contributed by atoms with Gasteiger partial charge < -0.3 is 4.90 Å². The molecule has 118 valence electrons. The van der Waals surface area contributed by atoms with Crippen LogP contribution in [0.1, 0.15) is 0 Å². The van der Waals surface area contributed by atoms with Crippen molar-refractivity contribution in [2.75, 3.05) is 11.9 Å². The van der Waals surface area contributed by atoms with Crippen LogP contribution in [0.4, 0.5) is 5.69 Å². The lowest BCUT2D eigenvalue weighted by atomic mass is 10.3. The molecule has 0 bridgehead atoms. The highest BCUT2D eigenvalue weighted by atomic mass is 31.1. The zero-order chi connectivity index (χ0) is 16.8.